The molecule has 1 aliphatic carbocycles. The lowest BCUT2D eigenvalue weighted by Crippen LogP contribution is -1.83. The molecule has 0 aromatic heterocycles. The van der Waals surface area contributed by atoms with Crippen LogP contribution in [0.15, 0.2) is 0 Å². The van der Waals surface area contributed by atoms with Crippen molar-refractivity contribution >= 4 is 0 Å². The monoisotopic (exact) mass is 142 g/mol. The molecule has 0 aliphatic heterocycles. The summed E-state index contributed by atoms with van der Waals surface area (Å²) < 4.78 is 0. The van der Waals surface area contributed by atoms with Crippen molar-refractivity contribution in [1.82, 2.24) is 0 Å². The highest BCUT2D eigenvalue weighted by Crippen LogP contribution is 2.14. The second kappa shape index (κ2) is 7.11. The number of rotatable bonds is 3. The van der Waals surface area contributed by atoms with E-state index in [-0.39, 0.29) is 0 Å². The fourth-order valence-electron chi connectivity index (χ4n) is 0.612. The molecule has 0 N–H and O–H groups in total. The van der Waals surface area contributed by atoms with E-state index in [0.717, 1.165) is 5.92 Å². The van der Waals surface area contributed by atoms with Crippen LogP contribution in [0.2, 0.25) is 0 Å². The molecule has 0 aromatic rings. The summed E-state index contributed by atoms with van der Waals surface area (Å²) in [6.07, 6.45) is 8.65. The van der Waals surface area contributed by atoms with Crippen LogP contribution in [0.3, 0.4) is 0 Å². The van der Waals surface area contributed by atoms with Gasteiger partial charge in [-0.1, -0.05) is 59.3 Å². The molecule has 0 nitrogen and oxygen atoms in total. The SMILES string of the molecule is C1CC1.CCCCC(C)C. The van der Waals surface area contributed by atoms with Crippen LogP contribution in [0, 0.1) is 5.92 Å². The molecule has 0 unspecified atom stereocenters. The first-order valence-electron chi connectivity index (χ1n) is 4.77. The number of hydrogen-bond donors (Lipinski definition) is 0. The summed E-state index contributed by atoms with van der Waals surface area (Å²) in [4.78, 5) is 0. The largest absolute Gasteiger partial charge is 0.0654 e. The maximum absolute atomic E-state index is 2.27. The maximum atomic E-state index is 2.27. The van der Waals surface area contributed by atoms with Gasteiger partial charge in [-0.15, -0.1) is 0 Å². The van der Waals surface area contributed by atoms with Gasteiger partial charge in [-0.05, 0) is 5.92 Å². The Labute approximate surface area is 66.0 Å². The number of hydrogen-bond acceptors (Lipinski definition) is 0. The summed E-state index contributed by atoms with van der Waals surface area (Å²) in [6, 6.07) is 0. The van der Waals surface area contributed by atoms with Gasteiger partial charge >= 0.3 is 0 Å². The Hall–Kier alpha value is 0. The first-order chi connectivity index (χ1) is 4.77. The molecule has 0 amide bonds. The molecule has 62 valence electrons. The third-order valence-electron chi connectivity index (χ3n) is 1.49. The van der Waals surface area contributed by atoms with Gasteiger partial charge in [0.05, 0.1) is 0 Å². The molecule has 0 heteroatoms. The highest BCUT2D eigenvalue weighted by Gasteiger charge is 1.95. The van der Waals surface area contributed by atoms with Crippen LogP contribution in [0.1, 0.15) is 59.3 Å². The van der Waals surface area contributed by atoms with Crippen LogP contribution >= 0.6 is 0 Å². The van der Waals surface area contributed by atoms with Crippen molar-refractivity contribution in [2.24, 2.45) is 5.92 Å². The summed E-state index contributed by atoms with van der Waals surface area (Å²) >= 11 is 0. The second-order valence-electron chi connectivity index (χ2n) is 3.60. The van der Waals surface area contributed by atoms with E-state index in [4.69, 9.17) is 0 Å². The third kappa shape index (κ3) is 15.7. The molecule has 0 saturated heterocycles. The lowest BCUT2D eigenvalue weighted by atomic mass is 10.1. The van der Waals surface area contributed by atoms with Gasteiger partial charge in [0.15, 0.2) is 0 Å². The molecule has 0 atom stereocenters. The van der Waals surface area contributed by atoms with Gasteiger partial charge in [-0.2, -0.15) is 0 Å². The van der Waals surface area contributed by atoms with Crippen LogP contribution in [0.5, 0.6) is 0 Å². The Morgan fingerprint density at radius 3 is 1.70 bits per heavy atom. The molecule has 10 heavy (non-hydrogen) atoms. The highest BCUT2D eigenvalue weighted by atomic mass is 14.0. The zero-order valence-corrected chi connectivity index (χ0v) is 7.82. The summed E-state index contributed by atoms with van der Waals surface area (Å²) in [5.74, 6) is 0.903. The van der Waals surface area contributed by atoms with Crippen LogP contribution in [0.25, 0.3) is 0 Å². The lowest BCUT2D eigenvalue weighted by Gasteiger charge is -1.98. The van der Waals surface area contributed by atoms with Gasteiger partial charge in [0.1, 0.15) is 0 Å². The lowest BCUT2D eigenvalue weighted by molar-refractivity contribution is 0.550. The van der Waals surface area contributed by atoms with Gasteiger partial charge in [-0.25, -0.2) is 0 Å². The third-order valence-corrected chi connectivity index (χ3v) is 1.49. The fraction of sp³-hybridized carbons (Fsp3) is 1.00. The summed E-state index contributed by atoms with van der Waals surface area (Å²) in [6.45, 7) is 6.79. The minimum atomic E-state index is 0.903. The molecule has 1 saturated carbocycles. The van der Waals surface area contributed by atoms with Crippen molar-refractivity contribution < 1.29 is 0 Å². The van der Waals surface area contributed by atoms with E-state index >= 15 is 0 Å². The maximum Gasteiger partial charge on any atom is -0.0471 e. The Morgan fingerprint density at radius 1 is 1.10 bits per heavy atom. The minimum absolute atomic E-state index is 0.903. The number of unbranched alkanes of at least 4 members (excludes halogenated alkanes) is 1. The fourth-order valence-corrected chi connectivity index (χ4v) is 0.612. The van der Waals surface area contributed by atoms with Crippen molar-refractivity contribution in [3.63, 3.8) is 0 Å². The molecule has 0 radical (unpaired) electrons. The Kier molecular flexibility index (Phi) is 7.11. The average Bonchev–Trinajstić information content (AvgIpc) is 2.67. The van der Waals surface area contributed by atoms with Crippen molar-refractivity contribution in [2.75, 3.05) is 0 Å². The smallest absolute Gasteiger partial charge is 0.0471 e. The first-order valence-corrected chi connectivity index (χ1v) is 4.77. The molecule has 1 fully saturated rings. The molecule has 1 rings (SSSR count). The van der Waals surface area contributed by atoms with E-state index in [2.05, 4.69) is 20.8 Å². The normalized spacial score (nSPS) is 14.4. The molecule has 0 heterocycles. The van der Waals surface area contributed by atoms with Gasteiger partial charge in [-0.3, -0.25) is 0 Å². The van der Waals surface area contributed by atoms with Crippen LogP contribution in [-0.2, 0) is 0 Å². The van der Waals surface area contributed by atoms with Crippen molar-refractivity contribution in [1.29, 1.82) is 0 Å². The summed E-state index contributed by atoms with van der Waals surface area (Å²) in [5.41, 5.74) is 0. The van der Waals surface area contributed by atoms with E-state index in [0.29, 0.717) is 0 Å². The zero-order chi connectivity index (χ0) is 7.82. The zero-order valence-electron chi connectivity index (χ0n) is 7.82. The van der Waals surface area contributed by atoms with Crippen molar-refractivity contribution in [3.05, 3.63) is 0 Å². The minimum Gasteiger partial charge on any atom is -0.0654 e. The Bertz CT molecular complexity index is 50.3. The summed E-state index contributed by atoms with van der Waals surface area (Å²) in [5, 5.41) is 0. The van der Waals surface area contributed by atoms with Gasteiger partial charge in [0.25, 0.3) is 0 Å². The topological polar surface area (TPSA) is 0 Å². The second-order valence-corrected chi connectivity index (χ2v) is 3.60. The van der Waals surface area contributed by atoms with Crippen molar-refractivity contribution in [2.45, 2.75) is 59.3 Å². The van der Waals surface area contributed by atoms with E-state index in [1.807, 2.05) is 0 Å². The van der Waals surface area contributed by atoms with Crippen LogP contribution in [-0.4, -0.2) is 0 Å². The average molecular weight is 142 g/mol. The van der Waals surface area contributed by atoms with E-state index in [1.54, 1.807) is 0 Å². The van der Waals surface area contributed by atoms with Crippen LogP contribution < -0.4 is 0 Å². The first kappa shape index (κ1) is 10.0. The van der Waals surface area contributed by atoms with E-state index in [9.17, 15) is 0 Å². The molecular weight excluding hydrogens is 120 g/mol. The Balaban J connectivity index is 0.000000219. The van der Waals surface area contributed by atoms with Crippen molar-refractivity contribution in [3.8, 4) is 0 Å². The highest BCUT2D eigenvalue weighted by molar-refractivity contribution is 4.50. The Morgan fingerprint density at radius 2 is 1.60 bits per heavy atom. The van der Waals surface area contributed by atoms with E-state index < -0.39 is 0 Å². The summed E-state index contributed by atoms with van der Waals surface area (Å²) in [7, 11) is 0. The standard InChI is InChI=1S/C7H16.C3H6/c1-4-5-6-7(2)3;1-2-3-1/h7H,4-6H2,1-3H3;1-3H2. The predicted molar refractivity (Wildman–Crippen MR) is 48.2 cm³/mol. The molecular formula is C10H22. The quantitative estimate of drug-likeness (QED) is 0.558. The van der Waals surface area contributed by atoms with Gasteiger partial charge < -0.3 is 0 Å². The molecule has 0 bridgehead atoms. The molecule has 0 aromatic carbocycles. The molecule has 1 aliphatic rings. The predicted octanol–water partition coefficient (Wildman–Crippen LogP) is 4.00. The van der Waals surface area contributed by atoms with Gasteiger partial charge in [0, 0.05) is 0 Å². The van der Waals surface area contributed by atoms with Crippen LogP contribution in [0.4, 0.5) is 0 Å². The molecule has 0 spiro atoms. The van der Waals surface area contributed by atoms with E-state index in [1.165, 1.54) is 38.5 Å². The van der Waals surface area contributed by atoms with Gasteiger partial charge in [0.2, 0.25) is 0 Å².